The summed E-state index contributed by atoms with van der Waals surface area (Å²) >= 11 is 0. The first-order valence-electron chi connectivity index (χ1n) is 10.1. The van der Waals surface area contributed by atoms with Crippen LogP contribution in [-0.2, 0) is 18.8 Å². The van der Waals surface area contributed by atoms with Gasteiger partial charge in [0.2, 0.25) is 11.6 Å². The van der Waals surface area contributed by atoms with Crippen LogP contribution in [0.1, 0.15) is 39.4 Å². The average molecular weight is 508 g/mol. The molecule has 36 heavy (non-hydrogen) atoms. The van der Waals surface area contributed by atoms with Crippen molar-refractivity contribution in [3.05, 3.63) is 89.6 Å². The molecule has 186 valence electrons. The molecule has 4 aromatic rings. The van der Waals surface area contributed by atoms with Gasteiger partial charge < -0.3 is 9.84 Å². The number of hydrogen-bond acceptors (Lipinski definition) is 7. The first kappa shape index (κ1) is 24.8. The van der Waals surface area contributed by atoms with E-state index in [-0.39, 0.29) is 29.2 Å². The van der Waals surface area contributed by atoms with E-state index in [1.54, 1.807) is 0 Å². The highest BCUT2D eigenvalue weighted by molar-refractivity contribution is 5.90. The van der Waals surface area contributed by atoms with E-state index in [1.807, 2.05) is 0 Å². The van der Waals surface area contributed by atoms with Gasteiger partial charge in [-0.05, 0) is 35.9 Å². The molecule has 3 heterocycles. The largest absolute Gasteiger partial charge is 0.471 e. The maximum absolute atomic E-state index is 13.3. The highest BCUT2D eigenvalue weighted by Crippen LogP contribution is 2.32. The van der Waals surface area contributed by atoms with Crippen molar-refractivity contribution in [3.8, 4) is 11.4 Å². The van der Waals surface area contributed by atoms with E-state index in [4.69, 9.17) is 0 Å². The lowest BCUT2D eigenvalue weighted by molar-refractivity contribution is -0.159. The van der Waals surface area contributed by atoms with Gasteiger partial charge in [0.15, 0.2) is 0 Å². The molecule has 0 aliphatic rings. The van der Waals surface area contributed by atoms with Gasteiger partial charge in [0.1, 0.15) is 0 Å². The van der Waals surface area contributed by atoms with Crippen LogP contribution in [0.3, 0.4) is 0 Å². The minimum Gasteiger partial charge on any atom is -0.342 e. The van der Waals surface area contributed by atoms with Crippen LogP contribution in [0.4, 0.5) is 26.3 Å². The number of nitrogens with zero attached hydrogens (tertiary/aromatic N) is 5. The van der Waals surface area contributed by atoms with Crippen LogP contribution in [0.15, 0.2) is 65.6 Å². The molecule has 0 fully saturated rings. The average Bonchev–Trinajstić information content (AvgIpc) is 3.35. The minimum atomic E-state index is -4.81. The van der Waals surface area contributed by atoms with Crippen molar-refractivity contribution in [3.63, 3.8) is 0 Å². The molecule has 0 radical (unpaired) electrons. The third kappa shape index (κ3) is 5.82. The van der Waals surface area contributed by atoms with E-state index in [2.05, 4.69) is 34.9 Å². The van der Waals surface area contributed by atoms with Crippen LogP contribution in [0.2, 0.25) is 0 Å². The third-order valence-corrected chi connectivity index (χ3v) is 4.86. The van der Waals surface area contributed by atoms with Crippen molar-refractivity contribution in [1.29, 1.82) is 0 Å². The molecule has 0 bridgehead atoms. The predicted octanol–water partition coefficient (Wildman–Crippen LogP) is 4.67. The van der Waals surface area contributed by atoms with Gasteiger partial charge in [-0.25, -0.2) is 9.97 Å². The number of alkyl halides is 6. The van der Waals surface area contributed by atoms with Gasteiger partial charge in [0.05, 0.1) is 11.6 Å². The number of rotatable bonds is 6. The Morgan fingerprint density at radius 2 is 1.69 bits per heavy atom. The molecule has 14 heteroatoms. The zero-order valence-corrected chi connectivity index (χ0v) is 17.9. The van der Waals surface area contributed by atoms with Gasteiger partial charge in [-0.1, -0.05) is 17.3 Å². The van der Waals surface area contributed by atoms with Crippen LogP contribution in [-0.4, -0.2) is 31.0 Å². The molecule has 1 atom stereocenters. The number of aromatic nitrogens is 5. The Kier molecular flexibility index (Phi) is 6.68. The quantitative estimate of drug-likeness (QED) is 0.377. The lowest BCUT2D eigenvalue weighted by Gasteiger charge is -2.20. The van der Waals surface area contributed by atoms with E-state index in [9.17, 15) is 31.1 Å². The number of hydrogen-bond donors (Lipinski definition) is 1. The maximum atomic E-state index is 13.3. The molecule has 3 aromatic heterocycles. The second-order valence-corrected chi connectivity index (χ2v) is 7.38. The number of amides is 1. The minimum absolute atomic E-state index is 0.0553. The molecule has 4 rings (SSSR count). The first-order chi connectivity index (χ1) is 17.0. The van der Waals surface area contributed by atoms with E-state index in [0.29, 0.717) is 5.69 Å². The molecule has 1 amide bonds. The molecule has 8 nitrogen and oxygen atoms in total. The molecule has 0 aliphatic carbocycles. The highest BCUT2D eigenvalue weighted by Gasteiger charge is 2.38. The zero-order chi connectivity index (χ0) is 25.9. The molecule has 1 N–H and O–H groups in total. The summed E-state index contributed by atoms with van der Waals surface area (Å²) in [5.41, 5.74) is -0.325. The SMILES string of the molecule is O=C(NC(Cc1ccc(-c2noc(C(F)(F)F)n2)cn1)c1cccc(C(F)(F)F)c1)c1ncccn1. The molecule has 1 unspecified atom stereocenters. The number of pyridine rings is 1. The summed E-state index contributed by atoms with van der Waals surface area (Å²) in [7, 11) is 0. The molecular formula is C22H14F6N6O2. The van der Waals surface area contributed by atoms with Gasteiger partial charge in [-0.2, -0.15) is 31.3 Å². The maximum Gasteiger partial charge on any atom is 0.471 e. The van der Waals surface area contributed by atoms with Crippen molar-refractivity contribution in [2.75, 3.05) is 0 Å². The molecule has 1 aromatic carbocycles. The van der Waals surface area contributed by atoms with Crippen LogP contribution in [0, 0.1) is 0 Å². The van der Waals surface area contributed by atoms with Gasteiger partial charge in [0.25, 0.3) is 5.91 Å². The third-order valence-electron chi connectivity index (χ3n) is 4.86. The Hall–Kier alpha value is -4.36. The Labute approximate surface area is 198 Å². The highest BCUT2D eigenvalue weighted by atomic mass is 19.4. The van der Waals surface area contributed by atoms with E-state index >= 15 is 0 Å². The summed E-state index contributed by atoms with van der Waals surface area (Å²) in [6.07, 6.45) is -5.61. The van der Waals surface area contributed by atoms with Crippen LogP contribution >= 0.6 is 0 Å². The topological polar surface area (TPSA) is 107 Å². The van der Waals surface area contributed by atoms with Gasteiger partial charge in [-0.15, -0.1) is 0 Å². The van der Waals surface area contributed by atoms with E-state index in [1.165, 1.54) is 48.9 Å². The smallest absolute Gasteiger partial charge is 0.342 e. The number of halogens is 6. The fourth-order valence-corrected chi connectivity index (χ4v) is 3.17. The number of carbonyl (C=O) groups is 1. The fourth-order valence-electron chi connectivity index (χ4n) is 3.17. The number of carbonyl (C=O) groups excluding carboxylic acids is 1. The molecule has 0 saturated heterocycles. The Bertz CT molecular complexity index is 1340. The summed E-state index contributed by atoms with van der Waals surface area (Å²) in [6, 6.07) is 7.75. The van der Waals surface area contributed by atoms with Crippen molar-refractivity contribution >= 4 is 5.91 Å². The van der Waals surface area contributed by atoms with Crippen molar-refractivity contribution in [2.24, 2.45) is 0 Å². The monoisotopic (exact) mass is 508 g/mol. The molecule has 0 saturated carbocycles. The fraction of sp³-hybridized carbons (Fsp3) is 0.182. The standard InChI is InChI=1S/C22H14F6N6O2/c23-21(24,25)14-4-1-3-12(9-14)16(32-19(35)18-29-7-2-8-30-18)10-15-6-5-13(11-31-15)17-33-20(36-34-17)22(26,27)28/h1-9,11,16H,10H2,(H,32,35). The second kappa shape index (κ2) is 9.71. The summed E-state index contributed by atoms with van der Waals surface area (Å²) in [6.45, 7) is 0. The van der Waals surface area contributed by atoms with Gasteiger partial charge >= 0.3 is 18.2 Å². The van der Waals surface area contributed by atoms with Gasteiger partial charge in [0, 0.05) is 36.3 Å². The summed E-state index contributed by atoms with van der Waals surface area (Å²) in [5.74, 6) is -2.76. The predicted molar refractivity (Wildman–Crippen MR) is 110 cm³/mol. The number of nitrogens with one attached hydrogen (secondary N) is 1. The molecule has 0 spiro atoms. The summed E-state index contributed by atoms with van der Waals surface area (Å²) in [5, 5.41) is 5.88. The lowest BCUT2D eigenvalue weighted by Crippen LogP contribution is -2.31. The summed E-state index contributed by atoms with van der Waals surface area (Å²) in [4.78, 5) is 27.7. The normalized spacial score (nSPS) is 12.8. The number of benzene rings is 1. The first-order valence-corrected chi connectivity index (χ1v) is 10.1. The lowest BCUT2D eigenvalue weighted by atomic mass is 9.99. The van der Waals surface area contributed by atoms with Crippen molar-refractivity contribution in [2.45, 2.75) is 24.8 Å². The van der Waals surface area contributed by atoms with E-state index in [0.717, 1.165) is 12.1 Å². The Balaban J connectivity index is 1.60. The summed E-state index contributed by atoms with van der Waals surface area (Å²) < 4.78 is 82.0. The second-order valence-electron chi connectivity index (χ2n) is 7.38. The van der Waals surface area contributed by atoms with Crippen LogP contribution in [0.25, 0.3) is 11.4 Å². The molecular weight excluding hydrogens is 494 g/mol. The van der Waals surface area contributed by atoms with Crippen molar-refractivity contribution in [1.82, 2.24) is 30.4 Å². The van der Waals surface area contributed by atoms with Crippen LogP contribution in [0.5, 0.6) is 0 Å². The zero-order valence-electron chi connectivity index (χ0n) is 17.9. The Morgan fingerprint density at radius 3 is 2.31 bits per heavy atom. The molecule has 0 aliphatic heterocycles. The van der Waals surface area contributed by atoms with Gasteiger partial charge in [-0.3, -0.25) is 9.78 Å². The Morgan fingerprint density at radius 1 is 0.944 bits per heavy atom. The van der Waals surface area contributed by atoms with Crippen LogP contribution < -0.4 is 5.32 Å². The van der Waals surface area contributed by atoms with Crippen molar-refractivity contribution < 1.29 is 35.7 Å². The van der Waals surface area contributed by atoms with E-state index < -0.39 is 35.8 Å².